The van der Waals surface area contributed by atoms with Gasteiger partial charge in [0.05, 0.1) is 7.11 Å². The number of methoxy groups -OCH3 is 1. The molecule has 15 heavy (non-hydrogen) atoms. The zero-order chi connectivity index (χ0) is 11.3. The Kier molecular flexibility index (Phi) is 5.11. The largest absolute Gasteiger partial charge is 0.497 e. The van der Waals surface area contributed by atoms with Crippen LogP contribution in [0.25, 0.3) is 0 Å². The van der Waals surface area contributed by atoms with Gasteiger partial charge in [-0.15, -0.1) is 0 Å². The van der Waals surface area contributed by atoms with Crippen molar-refractivity contribution < 1.29 is 9.53 Å². The lowest BCUT2D eigenvalue weighted by Gasteiger charge is -2.07. The summed E-state index contributed by atoms with van der Waals surface area (Å²) in [5.74, 6) is 0.686. The number of hydrogen-bond donors (Lipinski definition) is 1. The summed E-state index contributed by atoms with van der Waals surface area (Å²) in [7, 11) is 1.59. The predicted octanol–water partition coefficient (Wildman–Crippen LogP) is 3.18. The van der Waals surface area contributed by atoms with Crippen molar-refractivity contribution in [3.05, 3.63) is 22.7 Å². The Morgan fingerprint density at radius 3 is 2.80 bits per heavy atom. The van der Waals surface area contributed by atoms with Crippen molar-refractivity contribution in [2.45, 2.75) is 6.42 Å². The van der Waals surface area contributed by atoms with Gasteiger partial charge in [0.1, 0.15) is 5.75 Å². The highest BCUT2D eigenvalue weighted by Crippen LogP contribution is 2.24. The van der Waals surface area contributed by atoms with Crippen LogP contribution in [0, 0.1) is 0 Å². The number of hydrogen-bond acceptors (Lipinski definition) is 2. The van der Waals surface area contributed by atoms with Crippen molar-refractivity contribution in [2.75, 3.05) is 17.8 Å². The van der Waals surface area contributed by atoms with Gasteiger partial charge in [0.15, 0.2) is 0 Å². The zero-order valence-electron chi connectivity index (χ0n) is 8.22. The Hall–Kier alpha value is -0.550. The van der Waals surface area contributed by atoms with Gasteiger partial charge in [-0.05, 0) is 12.1 Å². The van der Waals surface area contributed by atoms with E-state index in [1.807, 2.05) is 12.1 Å². The quantitative estimate of drug-likeness (QED) is 0.857. The molecule has 82 valence electrons. The smallest absolute Gasteiger partial charge is 0.225 e. The number of anilines is 1. The van der Waals surface area contributed by atoms with Crippen LogP contribution in [0.3, 0.4) is 0 Å². The molecule has 0 fully saturated rings. The third kappa shape index (κ3) is 4.22. The van der Waals surface area contributed by atoms with Gasteiger partial charge in [0.25, 0.3) is 0 Å². The van der Waals surface area contributed by atoms with Gasteiger partial charge in [-0.3, -0.25) is 4.79 Å². The number of ether oxygens (including phenoxy) is 1. The second-order valence-electron chi connectivity index (χ2n) is 2.87. The van der Waals surface area contributed by atoms with Gasteiger partial charge in [-0.25, -0.2) is 0 Å². The predicted molar refractivity (Wildman–Crippen MR) is 67.7 cm³/mol. The zero-order valence-corrected chi connectivity index (χ0v) is 11.4. The van der Waals surface area contributed by atoms with Crippen LogP contribution < -0.4 is 10.1 Å². The first-order valence-corrected chi connectivity index (χ1v) is 6.27. The van der Waals surface area contributed by atoms with Crippen LogP contribution in [0.4, 0.5) is 5.69 Å². The van der Waals surface area contributed by atoms with Crippen LogP contribution in [0.15, 0.2) is 22.7 Å². The fourth-order valence-corrected chi connectivity index (χ4v) is 1.89. The molecule has 5 heteroatoms. The molecule has 0 aliphatic heterocycles. The number of nitrogens with one attached hydrogen (secondary N) is 1. The van der Waals surface area contributed by atoms with E-state index in [9.17, 15) is 4.79 Å². The van der Waals surface area contributed by atoms with E-state index in [-0.39, 0.29) is 5.91 Å². The summed E-state index contributed by atoms with van der Waals surface area (Å²) >= 11 is 6.55. The highest BCUT2D eigenvalue weighted by molar-refractivity contribution is 9.10. The molecule has 0 aromatic heterocycles. The monoisotopic (exact) mass is 335 g/mol. The lowest BCUT2D eigenvalue weighted by molar-refractivity contribution is -0.115. The summed E-state index contributed by atoms with van der Waals surface area (Å²) < 4.78 is 5.96. The normalized spacial score (nSPS) is 9.80. The molecule has 3 nitrogen and oxygen atoms in total. The van der Waals surface area contributed by atoms with Crippen LogP contribution in [0.2, 0.25) is 0 Å². The number of benzene rings is 1. The van der Waals surface area contributed by atoms with Crippen molar-refractivity contribution >= 4 is 43.5 Å². The van der Waals surface area contributed by atoms with Crippen LogP contribution >= 0.6 is 31.9 Å². The number of rotatable bonds is 4. The van der Waals surface area contributed by atoms with E-state index in [0.717, 1.165) is 10.2 Å². The molecular formula is C10H11Br2NO2. The third-order valence-electron chi connectivity index (χ3n) is 1.71. The van der Waals surface area contributed by atoms with Gasteiger partial charge < -0.3 is 10.1 Å². The first kappa shape index (κ1) is 12.5. The summed E-state index contributed by atoms with van der Waals surface area (Å²) in [4.78, 5) is 11.3. The Labute approximate surface area is 105 Å². The van der Waals surface area contributed by atoms with Gasteiger partial charge in [-0.2, -0.15) is 0 Å². The number of carbonyl (C=O) groups excluding carboxylic acids is 1. The second-order valence-corrected chi connectivity index (χ2v) is 4.58. The van der Waals surface area contributed by atoms with Crippen molar-refractivity contribution in [1.29, 1.82) is 0 Å². The topological polar surface area (TPSA) is 38.3 Å². The van der Waals surface area contributed by atoms with E-state index >= 15 is 0 Å². The molecule has 0 saturated heterocycles. The van der Waals surface area contributed by atoms with Crippen LogP contribution in [0.1, 0.15) is 6.42 Å². The van der Waals surface area contributed by atoms with Crippen LogP contribution in [-0.2, 0) is 4.79 Å². The molecule has 1 rings (SSSR count). The molecule has 1 amide bonds. The number of halogens is 2. The average molecular weight is 337 g/mol. The molecule has 1 aromatic rings. The number of alkyl halides is 1. The fourth-order valence-electron chi connectivity index (χ4n) is 1.06. The molecule has 1 aromatic carbocycles. The molecule has 0 aliphatic rings. The Morgan fingerprint density at radius 1 is 1.47 bits per heavy atom. The Bertz CT molecular complexity index is 355. The van der Waals surface area contributed by atoms with Crippen molar-refractivity contribution in [3.63, 3.8) is 0 Å². The SMILES string of the molecule is COc1cc(Br)cc(NC(=O)CCBr)c1. The maximum absolute atomic E-state index is 11.3. The standard InChI is InChI=1S/C10H11Br2NO2/c1-15-9-5-7(12)4-8(6-9)13-10(14)2-3-11/h4-6H,2-3H2,1H3,(H,13,14). The second kappa shape index (κ2) is 6.12. The molecule has 0 spiro atoms. The van der Waals surface area contributed by atoms with Gasteiger partial charge in [0, 0.05) is 28.0 Å². The molecule has 0 bridgehead atoms. The summed E-state index contributed by atoms with van der Waals surface area (Å²) in [6, 6.07) is 5.44. The lowest BCUT2D eigenvalue weighted by Crippen LogP contribution is -2.11. The highest BCUT2D eigenvalue weighted by Gasteiger charge is 2.03. The average Bonchev–Trinajstić information content (AvgIpc) is 2.17. The summed E-state index contributed by atoms with van der Waals surface area (Å²) in [6.45, 7) is 0. The van der Waals surface area contributed by atoms with E-state index < -0.39 is 0 Å². The minimum absolute atomic E-state index is 0.0213. The van der Waals surface area contributed by atoms with Crippen LogP contribution in [0.5, 0.6) is 5.75 Å². The molecule has 0 saturated carbocycles. The van der Waals surface area contributed by atoms with E-state index in [1.165, 1.54) is 0 Å². The van der Waals surface area contributed by atoms with Gasteiger partial charge in [0.2, 0.25) is 5.91 Å². The lowest BCUT2D eigenvalue weighted by atomic mass is 10.3. The van der Waals surface area contributed by atoms with Gasteiger partial charge >= 0.3 is 0 Å². The van der Waals surface area contributed by atoms with Crippen molar-refractivity contribution in [1.82, 2.24) is 0 Å². The molecule has 0 radical (unpaired) electrons. The van der Waals surface area contributed by atoms with E-state index in [0.29, 0.717) is 17.5 Å². The molecule has 0 aliphatic carbocycles. The molecule has 0 atom stereocenters. The molecular weight excluding hydrogens is 326 g/mol. The third-order valence-corrected chi connectivity index (χ3v) is 2.57. The van der Waals surface area contributed by atoms with E-state index in [1.54, 1.807) is 13.2 Å². The first-order valence-electron chi connectivity index (χ1n) is 4.36. The van der Waals surface area contributed by atoms with Gasteiger partial charge in [-0.1, -0.05) is 31.9 Å². The number of amides is 1. The minimum Gasteiger partial charge on any atom is -0.497 e. The summed E-state index contributed by atoms with van der Waals surface area (Å²) in [6.07, 6.45) is 0.453. The Morgan fingerprint density at radius 2 is 2.20 bits per heavy atom. The maximum atomic E-state index is 11.3. The maximum Gasteiger partial charge on any atom is 0.225 e. The van der Waals surface area contributed by atoms with E-state index in [2.05, 4.69) is 37.2 Å². The Balaban J connectivity index is 2.76. The van der Waals surface area contributed by atoms with Crippen LogP contribution in [-0.4, -0.2) is 18.3 Å². The molecule has 0 unspecified atom stereocenters. The molecule has 1 N–H and O–H groups in total. The summed E-state index contributed by atoms with van der Waals surface area (Å²) in [5.41, 5.74) is 0.729. The first-order chi connectivity index (χ1) is 7.15. The molecule has 0 heterocycles. The van der Waals surface area contributed by atoms with Crippen molar-refractivity contribution in [2.24, 2.45) is 0 Å². The number of carbonyl (C=O) groups is 1. The summed E-state index contributed by atoms with van der Waals surface area (Å²) in [5, 5.41) is 3.44. The highest BCUT2D eigenvalue weighted by atomic mass is 79.9. The van der Waals surface area contributed by atoms with Crippen molar-refractivity contribution in [3.8, 4) is 5.75 Å². The fraction of sp³-hybridized carbons (Fsp3) is 0.300. The van der Waals surface area contributed by atoms with E-state index in [4.69, 9.17) is 4.74 Å². The minimum atomic E-state index is -0.0213.